The summed E-state index contributed by atoms with van der Waals surface area (Å²) in [5.41, 5.74) is 6.53. The van der Waals surface area contributed by atoms with Crippen molar-refractivity contribution in [2.75, 3.05) is 30.9 Å². The number of methoxy groups -OCH3 is 1. The maximum absolute atomic E-state index is 12.5. The average Bonchev–Trinajstić information content (AvgIpc) is 2.37. The monoisotopic (exact) mass is 298 g/mol. The van der Waals surface area contributed by atoms with Gasteiger partial charge < -0.3 is 15.4 Å². The Labute approximate surface area is 118 Å². The van der Waals surface area contributed by atoms with E-state index in [0.29, 0.717) is 17.0 Å². The third-order valence-corrected chi connectivity index (χ3v) is 5.22. The lowest BCUT2D eigenvalue weighted by atomic mass is 10.1. The highest BCUT2D eigenvalue weighted by Gasteiger charge is 2.32. The van der Waals surface area contributed by atoms with Crippen LogP contribution in [0.15, 0.2) is 18.2 Å². The number of nitrogens with two attached hydrogens (primary N) is 1. The van der Waals surface area contributed by atoms with Crippen molar-refractivity contribution in [3.8, 4) is 5.75 Å². The Morgan fingerprint density at radius 2 is 2.15 bits per heavy atom. The second-order valence-corrected chi connectivity index (χ2v) is 7.14. The van der Waals surface area contributed by atoms with E-state index in [4.69, 9.17) is 10.5 Å². The van der Waals surface area contributed by atoms with E-state index in [9.17, 15) is 13.2 Å². The smallest absolute Gasteiger partial charge is 0.256 e. The van der Waals surface area contributed by atoms with Crippen molar-refractivity contribution in [3.63, 3.8) is 0 Å². The van der Waals surface area contributed by atoms with E-state index in [1.54, 1.807) is 30.0 Å². The molecular weight excluding hydrogens is 280 g/mol. The minimum atomic E-state index is -3.05. The molecule has 110 valence electrons. The number of amides is 1. The van der Waals surface area contributed by atoms with Gasteiger partial charge in [-0.25, -0.2) is 8.42 Å². The molecule has 2 rings (SSSR count). The zero-order valence-electron chi connectivity index (χ0n) is 11.5. The molecule has 1 fully saturated rings. The number of carbonyl (C=O) groups is 1. The molecule has 1 unspecified atom stereocenters. The van der Waals surface area contributed by atoms with Gasteiger partial charge in [-0.3, -0.25) is 4.79 Å². The summed E-state index contributed by atoms with van der Waals surface area (Å²) in [6.45, 7) is 1.92. The number of ether oxygens (including phenoxy) is 1. The minimum Gasteiger partial charge on any atom is -0.497 e. The molecule has 1 aliphatic heterocycles. The van der Waals surface area contributed by atoms with Crippen LogP contribution in [0.5, 0.6) is 5.75 Å². The molecule has 7 heteroatoms. The first-order valence-electron chi connectivity index (χ1n) is 6.29. The van der Waals surface area contributed by atoms with Crippen LogP contribution in [0.25, 0.3) is 0 Å². The Hall–Kier alpha value is -1.76. The third kappa shape index (κ3) is 2.87. The predicted molar refractivity (Wildman–Crippen MR) is 76.6 cm³/mol. The third-order valence-electron chi connectivity index (χ3n) is 3.42. The van der Waals surface area contributed by atoms with Gasteiger partial charge in [0.1, 0.15) is 5.75 Å². The number of anilines is 1. The number of rotatable bonds is 2. The number of hydrogen-bond donors (Lipinski definition) is 1. The summed E-state index contributed by atoms with van der Waals surface area (Å²) in [4.78, 5) is 14.1. The van der Waals surface area contributed by atoms with Crippen molar-refractivity contribution in [2.45, 2.75) is 13.0 Å². The van der Waals surface area contributed by atoms with Crippen LogP contribution in [0, 0.1) is 0 Å². The van der Waals surface area contributed by atoms with Crippen molar-refractivity contribution >= 4 is 21.4 Å². The molecule has 0 bridgehead atoms. The summed E-state index contributed by atoms with van der Waals surface area (Å²) in [5, 5.41) is 0. The van der Waals surface area contributed by atoms with Crippen molar-refractivity contribution < 1.29 is 17.9 Å². The van der Waals surface area contributed by atoms with E-state index in [1.807, 2.05) is 0 Å². The van der Waals surface area contributed by atoms with Crippen molar-refractivity contribution in [2.24, 2.45) is 0 Å². The summed E-state index contributed by atoms with van der Waals surface area (Å²) in [5.74, 6) is 0.263. The van der Waals surface area contributed by atoms with Gasteiger partial charge in [0.15, 0.2) is 9.84 Å². The normalized spacial score (nSPS) is 21.5. The molecule has 1 aromatic carbocycles. The van der Waals surface area contributed by atoms with Gasteiger partial charge in [-0.1, -0.05) is 0 Å². The van der Waals surface area contributed by atoms with Crippen LogP contribution in [0.3, 0.4) is 0 Å². The van der Waals surface area contributed by atoms with Gasteiger partial charge in [0.2, 0.25) is 0 Å². The van der Waals surface area contributed by atoms with E-state index < -0.39 is 9.84 Å². The number of sulfone groups is 1. The lowest BCUT2D eigenvalue weighted by molar-refractivity contribution is 0.0713. The van der Waals surface area contributed by atoms with Crippen molar-refractivity contribution in [3.05, 3.63) is 23.8 Å². The van der Waals surface area contributed by atoms with E-state index in [1.165, 1.54) is 7.11 Å². The SMILES string of the molecule is COc1ccc(N)c(C(=O)N2CCS(=O)(=O)CC2C)c1. The fourth-order valence-corrected chi connectivity index (χ4v) is 3.86. The number of carbonyl (C=O) groups excluding carboxylic acids is 1. The van der Waals surface area contributed by atoms with Crippen LogP contribution in [0.4, 0.5) is 5.69 Å². The highest BCUT2D eigenvalue weighted by molar-refractivity contribution is 7.91. The van der Waals surface area contributed by atoms with Crippen LogP contribution in [0.2, 0.25) is 0 Å². The van der Waals surface area contributed by atoms with E-state index >= 15 is 0 Å². The first-order chi connectivity index (χ1) is 9.34. The largest absolute Gasteiger partial charge is 0.497 e. The molecule has 1 atom stereocenters. The molecule has 1 aliphatic rings. The second kappa shape index (κ2) is 5.32. The van der Waals surface area contributed by atoms with Crippen LogP contribution < -0.4 is 10.5 Å². The van der Waals surface area contributed by atoms with Gasteiger partial charge in [-0.2, -0.15) is 0 Å². The average molecular weight is 298 g/mol. The maximum atomic E-state index is 12.5. The highest BCUT2D eigenvalue weighted by atomic mass is 32.2. The number of hydrogen-bond acceptors (Lipinski definition) is 5. The quantitative estimate of drug-likeness (QED) is 0.805. The van der Waals surface area contributed by atoms with Gasteiger partial charge in [-0.15, -0.1) is 0 Å². The molecule has 20 heavy (non-hydrogen) atoms. The second-order valence-electron chi connectivity index (χ2n) is 4.92. The molecule has 0 aromatic heterocycles. The lowest BCUT2D eigenvalue weighted by Crippen LogP contribution is -2.49. The Morgan fingerprint density at radius 3 is 2.75 bits per heavy atom. The zero-order valence-corrected chi connectivity index (χ0v) is 12.3. The first-order valence-corrected chi connectivity index (χ1v) is 8.11. The zero-order chi connectivity index (χ0) is 14.9. The van der Waals surface area contributed by atoms with Gasteiger partial charge >= 0.3 is 0 Å². The molecular formula is C13H18N2O4S. The maximum Gasteiger partial charge on any atom is 0.256 e. The minimum absolute atomic E-state index is 0.00699. The van der Waals surface area contributed by atoms with E-state index in [-0.39, 0.29) is 30.0 Å². The Bertz CT molecular complexity index is 627. The summed E-state index contributed by atoms with van der Waals surface area (Å²) < 4.78 is 28.2. The lowest BCUT2D eigenvalue weighted by Gasteiger charge is -2.33. The number of nitrogens with zero attached hydrogens (tertiary/aromatic N) is 1. The van der Waals surface area contributed by atoms with Gasteiger partial charge in [0, 0.05) is 18.3 Å². The van der Waals surface area contributed by atoms with Gasteiger partial charge in [-0.05, 0) is 25.1 Å². The topological polar surface area (TPSA) is 89.7 Å². The summed E-state index contributed by atoms with van der Waals surface area (Å²) >= 11 is 0. The molecule has 0 radical (unpaired) electrons. The predicted octanol–water partition coefficient (Wildman–Crippen LogP) is 0.536. The Balaban J connectivity index is 2.28. The molecule has 0 aliphatic carbocycles. The summed E-state index contributed by atoms with van der Waals surface area (Å²) in [6.07, 6.45) is 0. The number of benzene rings is 1. The van der Waals surface area contributed by atoms with Gasteiger partial charge in [0.05, 0.1) is 24.2 Å². The van der Waals surface area contributed by atoms with E-state index in [0.717, 1.165) is 0 Å². The molecule has 1 saturated heterocycles. The molecule has 0 spiro atoms. The fourth-order valence-electron chi connectivity index (χ4n) is 2.30. The van der Waals surface area contributed by atoms with Crippen LogP contribution in [-0.2, 0) is 9.84 Å². The standard InChI is InChI=1S/C13H18N2O4S/c1-9-8-20(17,18)6-5-15(9)13(16)11-7-10(19-2)3-4-12(11)14/h3-4,7,9H,5-6,8,14H2,1-2H3. The molecule has 1 heterocycles. The van der Waals surface area contributed by atoms with E-state index in [2.05, 4.69) is 0 Å². The summed E-state index contributed by atoms with van der Waals surface area (Å²) in [7, 11) is -1.54. The van der Waals surface area contributed by atoms with Crippen LogP contribution >= 0.6 is 0 Å². The molecule has 1 aromatic rings. The molecule has 1 amide bonds. The highest BCUT2D eigenvalue weighted by Crippen LogP contribution is 2.23. The van der Waals surface area contributed by atoms with Gasteiger partial charge in [0.25, 0.3) is 5.91 Å². The van der Waals surface area contributed by atoms with Crippen molar-refractivity contribution in [1.29, 1.82) is 0 Å². The van der Waals surface area contributed by atoms with Crippen LogP contribution in [-0.4, -0.2) is 50.4 Å². The van der Waals surface area contributed by atoms with Crippen LogP contribution in [0.1, 0.15) is 17.3 Å². The Kier molecular flexibility index (Phi) is 3.89. The molecule has 0 saturated carbocycles. The number of nitrogen functional groups attached to an aromatic ring is 1. The summed E-state index contributed by atoms with van der Waals surface area (Å²) in [6, 6.07) is 4.51. The van der Waals surface area contributed by atoms with Crippen molar-refractivity contribution in [1.82, 2.24) is 4.90 Å². The molecule has 6 nitrogen and oxygen atoms in total. The first kappa shape index (κ1) is 14.6. The molecule has 2 N–H and O–H groups in total. The fraction of sp³-hybridized carbons (Fsp3) is 0.462. The Morgan fingerprint density at radius 1 is 1.45 bits per heavy atom.